The van der Waals surface area contributed by atoms with Gasteiger partial charge >= 0.3 is 0 Å². The van der Waals surface area contributed by atoms with Gasteiger partial charge in [0.25, 0.3) is 5.91 Å². The number of rotatable bonds is 0. The van der Waals surface area contributed by atoms with Crippen LogP contribution in [0, 0.1) is 35.0 Å². The molecule has 29 heavy (non-hydrogen) atoms. The van der Waals surface area contributed by atoms with Gasteiger partial charge < -0.3 is 10.6 Å². The summed E-state index contributed by atoms with van der Waals surface area (Å²) in [5.41, 5.74) is -1.82. The van der Waals surface area contributed by atoms with Gasteiger partial charge in [-0.2, -0.15) is 10.5 Å². The largest absolute Gasteiger partial charge is 0.325 e. The molecule has 1 fully saturated rings. The second-order valence-electron chi connectivity index (χ2n) is 7.95. The zero-order chi connectivity index (χ0) is 20.6. The Morgan fingerprint density at radius 1 is 0.966 bits per heavy atom. The summed E-state index contributed by atoms with van der Waals surface area (Å²) in [4.78, 5) is 29.1. The molecule has 142 valence electrons. The zero-order valence-electron chi connectivity index (χ0n) is 15.9. The summed E-state index contributed by atoms with van der Waals surface area (Å²) in [6.45, 7) is 1.87. The fourth-order valence-electron chi connectivity index (χ4n) is 5.64. The van der Waals surface area contributed by atoms with E-state index in [0.717, 1.165) is 5.56 Å². The van der Waals surface area contributed by atoms with Gasteiger partial charge in [-0.15, -0.1) is 0 Å². The minimum atomic E-state index is -1.75. The Kier molecular flexibility index (Phi) is 3.14. The van der Waals surface area contributed by atoms with Gasteiger partial charge in [0.1, 0.15) is 11.0 Å². The third kappa shape index (κ3) is 1.59. The molecule has 0 aromatic heterocycles. The van der Waals surface area contributed by atoms with E-state index in [9.17, 15) is 20.1 Å². The molecule has 2 aromatic rings. The number of fused-ring (bicyclic) bond motifs is 5. The van der Waals surface area contributed by atoms with Crippen molar-refractivity contribution < 1.29 is 9.59 Å². The molecule has 2 N–H and O–H groups in total. The number of nitriles is 2. The molecule has 0 radical (unpaired) electrons. The van der Waals surface area contributed by atoms with Gasteiger partial charge in [0, 0.05) is 23.5 Å². The number of amides is 2. The van der Waals surface area contributed by atoms with E-state index >= 15 is 0 Å². The van der Waals surface area contributed by atoms with Gasteiger partial charge in [0.15, 0.2) is 5.41 Å². The van der Waals surface area contributed by atoms with E-state index in [0.29, 0.717) is 22.5 Å². The van der Waals surface area contributed by atoms with Crippen molar-refractivity contribution in [1.29, 1.82) is 10.5 Å². The third-order valence-corrected chi connectivity index (χ3v) is 6.67. The number of aryl methyl sites for hydroxylation is 1. The summed E-state index contributed by atoms with van der Waals surface area (Å²) < 4.78 is 0. The number of benzene rings is 2. The number of hydrogen-bond donors (Lipinski definition) is 2. The zero-order valence-corrected chi connectivity index (χ0v) is 15.9. The lowest BCUT2D eigenvalue weighted by molar-refractivity contribution is -0.137. The summed E-state index contributed by atoms with van der Waals surface area (Å²) >= 11 is 0. The average Bonchev–Trinajstić information content (AvgIpc) is 3.26. The van der Waals surface area contributed by atoms with Crippen molar-refractivity contribution in [3.63, 3.8) is 0 Å². The topological polar surface area (TPSA) is 109 Å². The number of carbonyl (C=O) groups excluding carboxylic acids is 2. The van der Waals surface area contributed by atoms with E-state index in [4.69, 9.17) is 0 Å². The van der Waals surface area contributed by atoms with Crippen molar-refractivity contribution in [2.75, 3.05) is 24.2 Å². The second kappa shape index (κ2) is 5.22. The first-order valence-corrected chi connectivity index (χ1v) is 9.26. The van der Waals surface area contributed by atoms with Crippen molar-refractivity contribution >= 4 is 23.2 Å². The van der Waals surface area contributed by atoms with E-state index in [1.807, 2.05) is 19.1 Å². The molecule has 2 atom stereocenters. The molecule has 3 heterocycles. The van der Waals surface area contributed by atoms with Crippen LogP contribution in [0.15, 0.2) is 42.5 Å². The summed E-state index contributed by atoms with van der Waals surface area (Å²) in [7, 11) is 1.70. The Morgan fingerprint density at radius 3 is 2.34 bits per heavy atom. The first kappa shape index (κ1) is 17.4. The van der Waals surface area contributed by atoms with E-state index in [-0.39, 0.29) is 6.54 Å². The van der Waals surface area contributed by atoms with Crippen LogP contribution in [0.3, 0.4) is 0 Å². The number of carbonyl (C=O) groups is 2. The van der Waals surface area contributed by atoms with Gasteiger partial charge in [0.2, 0.25) is 5.91 Å². The van der Waals surface area contributed by atoms with Crippen LogP contribution >= 0.6 is 0 Å². The Balaban J connectivity index is 2.00. The lowest BCUT2D eigenvalue weighted by Crippen LogP contribution is -2.63. The molecule has 0 saturated carbocycles. The highest BCUT2D eigenvalue weighted by molar-refractivity contribution is 6.18. The molecule has 2 spiro atoms. The smallest absolute Gasteiger partial charge is 0.251 e. The van der Waals surface area contributed by atoms with Crippen LogP contribution in [0.25, 0.3) is 0 Å². The number of anilines is 2. The van der Waals surface area contributed by atoms with Crippen LogP contribution in [-0.4, -0.2) is 30.3 Å². The summed E-state index contributed by atoms with van der Waals surface area (Å²) in [5.74, 6) is -0.907. The van der Waals surface area contributed by atoms with Crippen LogP contribution in [-0.2, 0) is 20.5 Å². The normalized spacial score (nSPS) is 28.6. The SMILES string of the molecule is Cc1ccc2c(c1)[C@@]1(C(=O)N2)N(C)CC(C#N)(C#N)[C@@]12C(=O)Nc1ccccc12. The first-order valence-electron chi connectivity index (χ1n) is 9.26. The molecule has 7 heteroatoms. The Bertz CT molecular complexity index is 1190. The van der Waals surface area contributed by atoms with Crippen LogP contribution in [0.5, 0.6) is 0 Å². The van der Waals surface area contributed by atoms with Crippen LogP contribution in [0.4, 0.5) is 11.4 Å². The van der Waals surface area contributed by atoms with Crippen molar-refractivity contribution in [3.8, 4) is 12.1 Å². The molecule has 7 nitrogen and oxygen atoms in total. The number of likely N-dealkylation sites (N-methyl/N-ethyl adjacent to an activating group) is 1. The standard InChI is InChI=1S/C22H17N5O2/c1-13-7-8-17-15(9-13)22(19(29)26-17)21(20(10-23,11-24)12-27(22)2)14-5-3-4-6-16(14)25-18(21)28/h3-9H,12H2,1-2H3,(H,25,28)(H,26,29)/t21-,22+/m1/s1. The fourth-order valence-corrected chi connectivity index (χ4v) is 5.64. The van der Waals surface area contributed by atoms with Gasteiger partial charge in [-0.3, -0.25) is 14.5 Å². The molecule has 3 aliphatic rings. The molecule has 0 unspecified atom stereocenters. The minimum absolute atomic E-state index is 0.0391. The van der Waals surface area contributed by atoms with Gasteiger partial charge in [-0.1, -0.05) is 35.9 Å². The molecule has 1 saturated heterocycles. The maximum atomic E-state index is 13.7. The Labute approximate surface area is 167 Å². The van der Waals surface area contributed by atoms with Crippen LogP contribution in [0.1, 0.15) is 16.7 Å². The van der Waals surface area contributed by atoms with E-state index < -0.39 is 28.2 Å². The molecular weight excluding hydrogens is 366 g/mol. The minimum Gasteiger partial charge on any atom is -0.325 e. The number of likely N-dealkylation sites (tertiary alicyclic amines) is 1. The molecule has 0 aliphatic carbocycles. The fraction of sp³-hybridized carbons (Fsp3) is 0.273. The van der Waals surface area contributed by atoms with Crippen LogP contribution in [0.2, 0.25) is 0 Å². The Hall–Kier alpha value is -3.68. The molecular formula is C22H17N5O2. The molecule has 0 bridgehead atoms. The van der Waals surface area contributed by atoms with Gasteiger partial charge in [0.05, 0.1) is 12.1 Å². The monoisotopic (exact) mass is 383 g/mol. The predicted octanol–water partition coefficient (Wildman–Crippen LogP) is 2.01. The second-order valence-corrected chi connectivity index (χ2v) is 7.95. The lowest BCUT2D eigenvalue weighted by atomic mass is 9.53. The molecule has 5 rings (SSSR count). The average molecular weight is 383 g/mol. The van der Waals surface area contributed by atoms with E-state index in [1.165, 1.54) is 0 Å². The van der Waals surface area contributed by atoms with Crippen molar-refractivity contribution in [3.05, 3.63) is 59.2 Å². The number of nitrogens with one attached hydrogen (secondary N) is 2. The van der Waals surface area contributed by atoms with E-state index in [2.05, 4.69) is 22.8 Å². The lowest BCUT2D eigenvalue weighted by Gasteiger charge is -2.43. The number of nitrogens with zero attached hydrogens (tertiary/aromatic N) is 3. The quantitative estimate of drug-likeness (QED) is 0.723. The number of hydrogen-bond acceptors (Lipinski definition) is 5. The molecule has 2 aromatic carbocycles. The van der Waals surface area contributed by atoms with Gasteiger partial charge in [-0.05, 0) is 31.7 Å². The molecule has 2 amide bonds. The molecule has 3 aliphatic heterocycles. The highest BCUT2D eigenvalue weighted by Crippen LogP contribution is 2.67. The maximum absolute atomic E-state index is 13.7. The van der Waals surface area contributed by atoms with E-state index in [1.54, 1.807) is 42.3 Å². The first-order chi connectivity index (χ1) is 13.9. The van der Waals surface area contributed by atoms with Crippen molar-refractivity contribution in [2.45, 2.75) is 17.9 Å². The summed E-state index contributed by atoms with van der Waals surface area (Å²) in [6, 6.07) is 16.8. The van der Waals surface area contributed by atoms with Crippen LogP contribution < -0.4 is 10.6 Å². The number of para-hydroxylation sites is 1. The predicted molar refractivity (Wildman–Crippen MR) is 105 cm³/mol. The van der Waals surface area contributed by atoms with Crippen molar-refractivity contribution in [2.24, 2.45) is 5.41 Å². The summed E-state index contributed by atoms with van der Waals surface area (Å²) in [6.07, 6.45) is 0. The third-order valence-electron chi connectivity index (χ3n) is 6.67. The summed E-state index contributed by atoms with van der Waals surface area (Å²) in [5, 5.41) is 26.2. The van der Waals surface area contributed by atoms with Gasteiger partial charge in [-0.25, -0.2) is 0 Å². The maximum Gasteiger partial charge on any atom is 0.251 e. The highest BCUT2D eigenvalue weighted by Gasteiger charge is 2.82. The van der Waals surface area contributed by atoms with Crippen molar-refractivity contribution in [1.82, 2.24) is 4.90 Å². The Morgan fingerprint density at radius 2 is 1.62 bits per heavy atom. The highest BCUT2D eigenvalue weighted by atomic mass is 16.2.